The van der Waals surface area contributed by atoms with E-state index in [0.717, 1.165) is 11.8 Å². The van der Waals surface area contributed by atoms with Crippen molar-refractivity contribution in [2.24, 2.45) is 11.8 Å². The lowest BCUT2D eigenvalue weighted by Crippen LogP contribution is -2.26. The monoisotopic (exact) mass is 181 g/mol. The zero-order valence-electron chi connectivity index (χ0n) is 8.97. The fourth-order valence-corrected chi connectivity index (χ4v) is 2.32. The summed E-state index contributed by atoms with van der Waals surface area (Å²) >= 11 is 0. The number of likely N-dealkylation sites (tertiary alicyclic amines) is 1. The average Bonchev–Trinajstić information content (AvgIpc) is 2.90. The van der Waals surface area contributed by atoms with Gasteiger partial charge in [-0.3, -0.25) is 0 Å². The Morgan fingerprint density at radius 2 is 1.92 bits per heavy atom. The SMILES string of the molecule is CC1CCCN(CCC2CC2)CC1. The zero-order chi connectivity index (χ0) is 9.10. The molecule has 1 saturated carbocycles. The van der Waals surface area contributed by atoms with E-state index in [2.05, 4.69) is 11.8 Å². The lowest BCUT2D eigenvalue weighted by Gasteiger charge is -2.19. The molecule has 1 heteroatoms. The first kappa shape index (κ1) is 9.51. The Hall–Kier alpha value is -0.0400. The van der Waals surface area contributed by atoms with Gasteiger partial charge in [-0.05, 0) is 57.2 Å². The normalized spacial score (nSPS) is 31.6. The Morgan fingerprint density at radius 3 is 2.69 bits per heavy atom. The molecule has 0 spiro atoms. The summed E-state index contributed by atoms with van der Waals surface area (Å²) in [5.74, 6) is 2.09. The largest absolute Gasteiger partial charge is 0.303 e. The molecule has 0 bridgehead atoms. The number of nitrogens with zero attached hydrogens (tertiary/aromatic N) is 1. The first-order valence-electron chi connectivity index (χ1n) is 6.07. The van der Waals surface area contributed by atoms with Crippen LogP contribution >= 0.6 is 0 Å². The van der Waals surface area contributed by atoms with Crippen LogP contribution in [0.5, 0.6) is 0 Å². The molecule has 2 rings (SSSR count). The van der Waals surface area contributed by atoms with Crippen molar-refractivity contribution in [3.8, 4) is 0 Å². The minimum atomic E-state index is 0.978. The van der Waals surface area contributed by atoms with Crippen molar-refractivity contribution in [1.29, 1.82) is 0 Å². The smallest absolute Gasteiger partial charge is 0.00161 e. The maximum absolute atomic E-state index is 2.70. The van der Waals surface area contributed by atoms with Crippen LogP contribution in [0.2, 0.25) is 0 Å². The van der Waals surface area contributed by atoms with E-state index >= 15 is 0 Å². The molecule has 1 unspecified atom stereocenters. The van der Waals surface area contributed by atoms with Crippen molar-refractivity contribution >= 4 is 0 Å². The van der Waals surface area contributed by atoms with Crippen molar-refractivity contribution < 1.29 is 0 Å². The van der Waals surface area contributed by atoms with Crippen LogP contribution in [0.4, 0.5) is 0 Å². The molecule has 0 aromatic rings. The van der Waals surface area contributed by atoms with Gasteiger partial charge in [0, 0.05) is 0 Å². The first-order valence-corrected chi connectivity index (χ1v) is 6.07. The van der Waals surface area contributed by atoms with Crippen LogP contribution in [0, 0.1) is 11.8 Å². The maximum atomic E-state index is 2.70. The summed E-state index contributed by atoms with van der Waals surface area (Å²) in [4.78, 5) is 2.70. The van der Waals surface area contributed by atoms with Crippen LogP contribution in [-0.4, -0.2) is 24.5 Å². The van der Waals surface area contributed by atoms with Crippen LogP contribution < -0.4 is 0 Å². The summed E-state index contributed by atoms with van der Waals surface area (Å²) in [6, 6.07) is 0. The molecule has 1 aliphatic heterocycles. The Morgan fingerprint density at radius 1 is 1.08 bits per heavy atom. The molecular weight excluding hydrogens is 158 g/mol. The molecule has 2 aliphatic rings. The Labute approximate surface area is 82.5 Å². The molecule has 13 heavy (non-hydrogen) atoms. The van der Waals surface area contributed by atoms with Crippen LogP contribution in [0.1, 0.15) is 45.4 Å². The van der Waals surface area contributed by atoms with Crippen molar-refractivity contribution in [2.75, 3.05) is 19.6 Å². The zero-order valence-corrected chi connectivity index (χ0v) is 8.97. The Kier molecular flexibility index (Phi) is 3.26. The van der Waals surface area contributed by atoms with Crippen molar-refractivity contribution in [1.82, 2.24) is 4.90 Å². The highest BCUT2D eigenvalue weighted by atomic mass is 15.1. The van der Waals surface area contributed by atoms with Gasteiger partial charge in [-0.1, -0.05) is 19.8 Å². The summed E-state index contributed by atoms with van der Waals surface area (Å²) in [7, 11) is 0. The van der Waals surface area contributed by atoms with Gasteiger partial charge in [-0.15, -0.1) is 0 Å². The Balaban J connectivity index is 1.65. The molecule has 0 aromatic carbocycles. The summed E-state index contributed by atoms with van der Waals surface area (Å²) in [5, 5.41) is 0. The lowest BCUT2D eigenvalue weighted by molar-refractivity contribution is 0.273. The number of hydrogen-bond donors (Lipinski definition) is 0. The highest BCUT2D eigenvalue weighted by molar-refractivity contribution is 4.75. The van der Waals surface area contributed by atoms with E-state index in [0.29, 0.717) is 0 Å². The van der Waals surface area contributed by atoms with Crippen LogP contribution in [0.15, 0.2) is 0 Å². The second kappa shape index (κ2) is 4.45. The molecule has 1 atom stereocenters. The summed E-state index contributed by atoms with van der Waals surface area (Å²) < 4.78 is 0. The van der Waals surface area contributed by atoms with Gasteiger partial charge in [0.1, 0.15) is 0 Å². The highest BCUT2D eigenvalue weighted by Gasteiger charge is 2.22. The molecule has 1 heterocycles. The van der Waals surface area contributed by atoms with Crippen LogP contribution in [0.25, 0.3) is 0 Å². The predicted molar refractivity (Wildman–Crippen MR) is 56.8 cm³/mol. The van der Waals surface area contributed by atoms with E-state index < -0.39 is 0 Å². The van der Waals surface area contributed by atoms with Gasteiger partial charge in [0.15, 0.2) is 0 Å². The van der Waals surface area contributed by atoms with Crippen molar-refractivity contribution in [2.45, 2.75) is 45.4 Å². The summed E-state index contributed by atoms with van der Waals surface area (Å²) in [6.07, 6.45) is 8.85. The minimum Gasteiger partial charge on any atom is -0.303 e. The van der Waals surface area contributed by atoms with E-state index in [9.17, 15) is 0 Å². The average molecular weight is 181 g/mol. The highest BCUT2D eigenvalue weighted by Crippen LogP contribution is 2.32. The van der Waals surface area contributed by atoms with Gasteiger partial charge in [0.2, 0.25) is 0 Å². The maximum Gasteiger partial charge on any atom is -0.00161 e. The third-order valence-corrected chi connectivity index (χ3v) is 3.66. The Bertz CT molecular complexity index is 151. The van der Waals surface area contributed by atoms with Gasteiger partial charge in [-0.25, -0.2) is 0 Å². The fourth-order valence-electron chi connectivity index (χ4n) is 2.32. The molecule has 1 nitrogen and oxygen atoms in total. The summed E-state index contributed by atoms with van der Waals surface area (Å²) in [5.41, 5.74) is 0. The van der Waals surface area contributed by atoms with Crippen LogP contribution in [0.3, 0.4) is 0 Å². The van der Waals surface area contributed by atoms with Gasteiger partial charge in [0.25, 0.3) is 0 Å². The molecule has 1 saturated heterocycles. The van der Waals surface area contributed by atoms with E-state index in [1.165, 1.54) is 58.2 Å². The van der Waals surface area contributed by atoms with Crippen LogP contribution in [-0.2, 0) is 0 Å². The van der Waals surface area contributed by atoms with Crippen molar-refractivity contribution in [3.63, 3.8) is 0 Å². The van der Waals surface area contributed by atoms with E-state index in [4.69, 9.17) is 0 Å². The molecule has 76 valence electrons. The second-order valence-electron chi connectivity index (χ2n) is 5.11. The molecule has 0 aromatic heterocycles. The lowest BCUT2D eigenvalue weighted by atomic mass is 10.0. The van der Waals surface area contributed by atoms with E-state index in [1.54, 1.807) is 0 Å². The second-order valence-corrected chi connectivity index (χ2v) is 5.11. The fraction of sp³-hybridized carbons (Fsp3) is 1.00. The molecule has 0 radical (unpaired) electrons. The standard InChI is InChI=1S/C12H23N/c1-11-3-2-8-13(9-6-11)10-7-12-4-5-12/h11-12H,2-10H2,1H3. The molecule has 1 aliphatic carbocycles. The predicted octanol–water partition coefficient (Wildman–Crippen LogP) is 2.91. The van der Waals surface area contributed by atoms with Crippen molar-refractivity contribution in [3.05, 3.63) is 0 Å². The van der Waals surface area contributed by atoms with E-state index in [1.807, 2.05) is 0 Å². The quantitative estimate of drug-likeness (QED) is 0.647. The molecule has 0 amide bonds. The molecule has 0 N–H and O–H groups in total. The molecule has 2 fully saturated rings. The van der Waals surface area contributed by atoms with E-state index in [-0.39, 0.29) is 0 Å². The minimum absolute atomic E-state index is 0.978. The third-order valence-electron chi connectivity index (χ3n) is 3.66. The van der Waals surface area contributed by atoms with Gasteiger partial charge in [0.05, 0.1) is 0 Å². The number of rotatable bonds is 3. The number of hydrogen-bond acceptors (Lipinski definition) is 1. The molecular formula is C12H23N. The topological polar surface area (TPSA) is 3.24 Å². The third kappa shape index (κ3) is 3.30. The van der Waals surface area contributed by atoms with Gasteiger partial charge >= 0.3 is 0 Å². The first-order chi connectivity index (χ1) is 6.34. The van der Waals surface area contributed by atoms with Gasteiger partial charge < -0.3 is 4.90 Å². The summed E-state index contributed by atoms with van der Waals surface area (Å²) in [6.45, 7) is 6.53. The van der Waals surface area contributed by atoms with Gasteiger partial charge in [-0.2, -0.15) is 0 Å².